The molecule has 7 nitrogen and oxygen atoms in total. The van der Waals surface area contributed by atoms with Gasteiger partial charge in [-0.25, -0.2) is 4.98 Å². The van der Waals surface area contributed by atoms with Gasteiger partial charge in [-0.3, -0.25) is 9.59 Å². The Morgan fingerprint density at radius 2 is 1.88 bits per heavy atom. The molecule has 0 aliphatic heterocycles. The second kappa shape index (κ2) is 9.27. The van der Waals surface area contributed by atoms with E-state index in [1.54, 1.807) is 19.4 Å². The van der Waals surface area contributed by atoms with Crippen LogP contribution in [-0.4, -0.2) is 35.6 Å². The minimum Gasteiger partial charge on any atom is -0.497 e. The Morgan fingerprint density at radius 3 is 2.48 bits per heavy atom. The molecule has 25 heavy (non-hydrogen) atoms. The van der Waals surface area contributed by atoms with Crippen molar-refractivity contribution in [3.63, 3.8) is 0 Å². The van der Waals surface area contributed by atoms with Gasteiger partial charge in [0.1, 0.15) is 11.6 Å². The van der Waals surface area contributed by atoms with Gasteiger partial charge in [0, 0.05) is 13.0 Å². The summed E-state index contributed by atoms with van der Waals surface area (Å²) in [5.41, 5.74) is 2.04. The highest BCUT2D eigenvalue weighted by atomic mass is 16.5. The number of hydrogen-bond donors (Lipinski definition) is 3. The number of carboxylic acids is 1. The fourth-order valence-corrected chi connectivity index (χ4v) is 2.14. The van der Waals surface area contributed by atoms with Crippen LogP contribution in [0.15, 0.2) is 42.6 Å². The van der Waals surface area contributed by atoms with E-state index in [1.807, 2.05) is 30.3 Å². The summed E-state index contributed by atoms with van der Waals surface area (Å²) in [7, 11) is 1.64. The molecule has 3 N–H and O–H groups in total. The van der Waals surface area contributed by atoms with Crippen molar-refractivity contribution in [3.8, 4) is 5.75 Å². The zero-order chi connectivity index (χ0) is 18.1. The molecule has 7 heteroatoms. The number of rotatable bonds is 9. The van der Waals surface area contributed by atoms with E-state index in [2.05, 4.69) is 15.6 Å². The predicted octanol–water partition coefficient (Wildman–Crippen LogP) is 2.55. The quantitative estimate of drug-likeness (QED) is 0.647. The molecule has 1 amide bonds. The van der Waals surface area contributed by atoms with Crippen LogP contribution in [0.3, 0.4) is 0 Å². The number of hydrogen-bond acceptors (Lipinski definition) is 5. The lowest BCUT2D eigenvalue weighted by Gasteiger charge is -2.08. The molecular formula is C18H21N3O4. The molecule has 0 spiro atoms. The molecule has 2 rings (SSSR count). The Bertz CT molecular complexity index is 699. The highest BCUT2D eigenvalue weighted by Gasteiger charge is 2.06. The topological polar surface area (TPSA) is 101 Å². The van der Waals surface area contributed by atoms with Crippen molar-refractivity contribution in [2.45, 2.75) is 19.3 Å². The van der Waals surface area contributed by atoms with E-state index in [-0.39, 0.29) is 18.7 Å². The second-order valence-corrected chi connectivity index (χ2v) is 5.40. The normalized spacial score (nSPS) is 10.1. The average molecular weight is 343 g/mol. The monoisotopic (exact) mass is 343 g/mol. The summed E-state index contributed by atoms with van der Waals surface area (Å²) >= 11 is 0. The summed E-state index contributed by atoms with van der Waals surface area (Å²) in [5.74, 6) is -0.132. The van der Waals surface area contributed by atoms with E-state index in [4.69, 9.17) is 9.84 Å². The SMILES string of the molecule is COc1ccc(CCNc2ccc(NC(=O)CCC(=O)O)nc2)cc1. The van der Waals surface area contributed by atoms with Crippen molar-refractivity contribution in [1.29, 1.82) is 0 Å². The van der Waals surface area contributed by atoms with Gasteiger partial charge in [-0.15, -0.1) is 0 Å². The molecule has 0 saturated carbocycles. The molecule has 1 heterocycles. The number of carbonyl (C=O) groups excluding carboxylic acids is 1. The summed E-state index contributed by atoms with van der Waals surface area (Å²) in [4.78, 5) is 26.1. The third-order valence-corrected chi connectivity index (χ3v) is 3.50. The summed E-state index contributed by atoms with van der Waals surface area (Å²) in [6, 6.07) is 11.4. The second-order valence-electron chi connectivity index (χ2n) is 5.40. The largest absolute Gasteiger partial charge is 0.497 e. The average Bonchev–Trinajstić information content (AvgIpc) is 2.62. The number of carboxylic acid groups (broad SMARTS) is 1. The molecule has 0 atom stereocenters. The first-order valence-electron chi connectivity index (χ1n) is 7.91. The minimum atomic E-state index is -1.00. The predicted molar refractivity (Wildman–Crippen MR) is 94.9 cm³/mol. The van der Waals surface area contributed by atoms with E-state index in [1.165, 1.54) is 5.56 Å². The van der Waals surface area contributed by atoms with Crippen LogP contribution in [-0.2, 0) is 16.0 Å². The molecule has 0 fully saturated rings. The number of ether oxygens (including phenoxy) is 1. The van der Waals surface area contributed by atoms with Crippen LogP contribution >= 0.6 is 0 Å². The molecule has 0 radical (unpaired) electrons. The maximum Gasteiger partial charge on any atom is 0.303 e. The first-order valence-corrected chi connectivity index (χ1v) is 7.91. The van der Waals surface area contributed by atoms with Crippen molar-refractivity contribution < 1.29 is 19.4 Å². The molecule has 2 aromatic rings. The molecule has 132 valence electrons. The van der Waals surface area contributed by atoms with Crippen molar-refractivity contribution in [2.24, 2.45) is 0 Å². The van der Waals surface area contributed by atoms with Crippen LogP contribution in [0.5, 0.6) is 5.75 Å². The molecule has 0 aliphatic carbocycles. The standard InChI is InChI=1S/C18H21N3O4/c1-25-15-5-2-13(3-6-15)10-11-19-14-4-7-16(20-12-14)21-17(22)8-9-18(23)24/h2-7,12,19H,8-11H2,1H3,(H,23,24)(H,20,21,22). The van der Waals surface area contributed by atoms with E-state index in [0.29, 0.717) is 5.82 Å². The summed E-state index contributed by atoms with van der Waals surface area (Å²) in [6.07, 6.45) is 2.22. The Labute approximate surface area is 146 Å². The number of methoxy groups -OCH3 is 1. The molecule has 1 aromatic carbocycles. The Kier molecular flexibility index (Phi) is 6.76. The van der Waals surface area contributed by atoms with Gasteiger partial charge in [-0.05, 0) is 36.2 Å². The number of benzene rings is 1. The fourth-order valence-electron chi connectivity index (χ4n) is 2.14. The van der Waals surface area contributed by atoms with Gasteiger partial charge in [-0.1, -0.05) is 12.1 Å². The van der Waals surface area contributed by atoms with E-state index in [9.17, 15) is 9.59 Å². The lowest BCUT2D eigenvalue weighted by Crippen LogP contribution is -2.14. The maximum absolute atomic E-state index is 11.5. The van der Waals surface area contributed by atoms with Crippen LogP contribution < -0.4 is 15.4 Å². The third kappa shape index (κ3) is 6.50. The van der Waals surface area contributed by atoms with Crippen LogP contribution in [0, 0.1) is 0 Å². The molecule has 0 saturated heterocycles. The lowest BCUT2D eigenvalue weighted by atomic mass is 10.1. The maximum atomic E-state index is 11.5. The number of nitrogens with zero attached hydrogens (tertiary/aromatic N) is 1. The summed E-state index contributed by atoms with van der Waals surface area (Å²) in [5, 5.41) is 14.4. The fraction of sp³-hybridized carbons (Fsp3) is 0.278. The van der Waals surface area contributed by atoms with Crippen molar-refractivity contribution in [3.05, 3.63) is 48.2 Å². The van der Waals surface area contributed by atoms with Gasteiger partial charge in [0.15, 0.2) is 0 Å². The third-order valence-electron chi connectivity index (χ3n) is 3.50. The highest BCUT2D eigenvalue weighted by molar-refractivity contribution is 5.91. The molecule has 0 aliphatic rings. The number of carbonyl (C=O) groups is 2. The number of pyridine rings is 1. The van der Waals surface area contributed by atoms with Crippen molar-refractivity contribution >= 4 is 23.4 Å². The van der Waals surface area contributed by atoms with Gasteiger partial charge in [0.2, 0.25) is 5.91 Å². The Morgan fingerprint density at radius 1 is 1.12 bits per heavy atom. The first kappa shape index (κ1) is 18.3. The van der Waals surface area contributed by atoms with Gasteiger partial charge >= 0.3 is 5.97 Å². The van der Waals surface area contributed by atoms with Crippen molar-refractivity contribution in [1.82, 2.24) is 4.98 Å². The van der Waals surface area contributed by atoms with Crippen LogP contribution in [0.1, 0.15) is 18.4 Å². The van der Waals surface area contributed by atoms with Crippen LogP contribution in [0.4, 0.5) is 11.5 Å². The zero-order valence-electron chi connectivity index (χ0n) is 14.0. The van der Waals surface area contributed by atoms with Crippen LogP contribution in [0.2, 0.25) is 0 Å². The van der Waals surface area contributed by atoms with E-state index in [0.717, 1.165) is 24.4 Å². The number of aromatic nitrogens is 1. The summed E-state index contributed by atoms with van der Waals surface area (Å²) in [6.45, 7) is 0.748. The molecule has 0 unspecified atom stereocenters. The van der Waals surface area contributed by atoms with Crippen molar-refractivity contribution in [2.75, 3.05) is 24.3 Å². The molecule has 1 aromatic heterocycles. The van der Waals surface area contributed by atoms with Gasteiger partial charge in [0.25, 0.3) is 0 Å². The highest BCUT2D eigenvalue weighted by Crippen LogP contribution is 2.13. The number of amides is 1. The van der Waals surface area contributed by atoms with Gasteiger partial charge in [-0.2, -0.15) is 0 Å². The molecular weight excluding hydrogens is 322 g/mol. The smallest absolute Gasteiger partial charge is 0.303 e. The Hall–Kier alpha value is -3.09. The number of anilines is 2. The number of nitrogens with one attached hydrogen (secondary N) is 2. The summed E-state index contributed by atoms with van der Waals surface area (Å²) < 4.78 is 5.13. The van der Waals surface area contributed by atoms with Gasteiger partial charge < -0.3 is 20.5 Å². The Balaban J connectivity index is 1.75. The molecule has 0 bridgehead atoms. The minimum absolute atomic E-state index is 0.0706. The zero-order valence-corrected chi connectivity index (χ0v) is 14.0. The lowest BCUT2D eigenvalue weighted by molar-refractivity contribution is -0.138. The number of aliphatic carboxylic acids is 1. The van der Waals surface area contributed by atoms with E-state index < -0.39 is 5.97 Å². The van der Waals surface area contributed by atoms with Crippen LogP contribution in [0.25, 0.3) is 0 Å². The van der Waals surface area contributed by atoms with Gasteiger partial charge in [0.05, 0.1) is 25.4 Å². The first-order chi connectivity index (χ1) is 12.1. The van der Waals surface area contributed by atoms with E-state index >= 15 is 0 Å².